The second kappa shape index (κ2) is 6.19. The molecule has 2 aromatic carbocycles. The zero-order valence-corrected chi connectivity index (χ0v) is 14.7. The molecule has 1 heterocycles. The Balaban J connectivity index is 2.14. The zero-order valence-electron chi connectivity index (χ0n) is 14.7. The summed E-state index contributed by atoms with van der Waals surface area (Å²) in [6, 6.07) is 15.6. The van der Waals surface area contributed by atoms with E-state index in [0.717, 1.165) is 17.0 Å². The van der Waals surface area contributed by atoms with Crippen LogP contribution in [0.25, 0.3) is 0 Å². The molecule has 126 valence electrons. The van der Waals surface area contributed by atoms with Crippen molar-refractivity contribution >= 4 is 11.6 Å². The van der Waals surface area contributed by atoms with Crippen molar-refractivity contribution < 1.29 is 9.53 Å². The fraction of sp³-hybridized carbons (Fsp3) is 0.350. The summed E-state index contributed by atoms with van der Waals surface area (Å²) < 4.78 is 6.00. The number of benzene rings is 2. The number of nitrogens with one attached hydrogen (secondary N) is 1. The van der Waals surface area contributed by atoms with Crippen molar-refractivity contribution in [2.24, 2.45) is 0 Å². The van der Waals surface area contributed by atoms with Crippen LogP contribution in [-0.2, 0) is 5.66 Å². The van der Waals surface area contributed by atoms with Gasteiger partial charge in [-0.15, -0.1) is 0 Å². The number of carbonyl (C=O) groups is 1. The van der Waals surface area contributed by atoms with Gasteiger partial charge in [-0.25, -0.2) is 0 Å². The average molecular weight is 324 g/mol. The molecule has 1 amide bonds. The van der Waals surface area contributed by atoms with Gasteiger partial charge in [0.15, 0.2) is 0 Å². The Labute approximate surface area is 143 Å². The predicted molar refractivity (Wildman–Crippen MR) is 96.3 cm³/mol. The molecule has 0 saturated heterocycles. The Morgan fingerprint density at radius 1 is 1.12 bits per heavy atom. The lowest BCUT2D eigenvalue weighted by molar-refractivity contribution is 0.0545. The van der Waals surface area contributed by atoms with Gasteiger partial charge in [-0.3, -0.25) is 4.79 Å². The summed E-state index contributed by atoms with van der Waals surface area (Å²) in [6.07, 6.45) is 0.0661. The summed E-state index contributed by atoms with van der Waals surface area (Å²) in [5, 5.41) is 3.56. The minimum absolute atomic E-state index is 0.0358. The van der Waals surface area contributed by atoms with E-state index < -0.39 is 5.66 Å². The first kappa shape index (κ1) is 16.4. The molecule has 1 aliphatic heterocycles. The van der Waals surface area contributed by atoms with Crippen molar-refractivity contribution in [1.82, 2.24) is 4.90 Å². The van der Waals surface area contributed by atoms with Gasteiger partial charge in [0.05, 0.1) is 11.7 Å². The topological polar surface area (TPSA) is 41.6 Å². The number of anilines is 1. The van der Waals surface area contributed by atoms with Crippen molar-refractivity contribution in [2.45, 2.75) is 39.5 Å². The van der Waals surface area contributed by atoms with Crippen molar-refractivity contribution in [3.05, 3.63) is 59.7 Å². The number of nitrogens with zero attached hydrogens (tertiary/aromatic N) is 1. The normalized spacial score (nSPS) is 19.9. The molecule has 24 heavy (non-hydrogen) atoms. The molecular formula is C20H24N2O2. The molecule has 2 aromatic rings. The number of para-hydroxylation sites is 2. The van der Waals surface area contributed by atoms with E-state index in [-0.39, 0.29) is 12.0 Å². The standard InChI is InChI=1S/C20H24N2O2/c1-5-22-19(23)15-10-6-8-12-17(15)21-20(22,4)16-11-7-9-13-18(16)24-14(2)3/h6-14,21H,5H2,1-4H3. The van der Waals surface area contributed by atoms with Crippen LogP contribution in [-0.4, -0.2) is 23.5 Å². The molecule has 3 rings (SSSR count). The third-order valence-corrected chi connectivity index (χ3v) is 4.41. The molecular weight excluding hydrogens is 300 g/mol. The van der Waals surface area contributed by atoms with Gasteiger partial charge in [-0.1, -0.05) is 30.3 Å². The summed E-state index contributed by atoms with van der Waals surface area (Å²) in [6.45, 7) is 8.65. The van der Waals surface area contributed by atoms with Crippen molar-refractivity contribution in [3.63, 3.8) is 0 Å². The largest absolute Gasteiger partial charge is 0.491 e. The molecule has 1 atom stereocenters. The molecule has 0 radical (unpaired) electrons. The highest BCUT2D eigenvalue weighted by Gasteiger charge is 2.43. The molecule has 1 N–H and O–H groups in total. The van der Waals surface area contributed by atoms with Crippen LogP contribution in [0.15, 0.2) is 48.5 Å². The molecule has 0 bridgehead atoms. The van der Waals surface area contributed by atoms with Gasteiger partial charge in [-0.05, 0) is 45.9 Å². The van der Waals surface area contributed by atoms with Gasteiger partial charge in [0.25, 0.3) is 5.91 Å². The fourth-order valence-corrected chi connectivity index (χ4v) is 3.35. The molecule has 0 saturated carbocycles. The van der Waals surface area contributed by atoms with E-state index in [4.69, 9.17) is 4.74 Å². The second-order valence-electron chi connectivity index (χ2n) is 6.45. The number of hydrogen-bond acceptors (Lipinski definition) is 3. The third-order valence-electron chi connectivity index (χ3n) is 4.41. The third kappa shape index (κ3) is 2.62. The molecule has 0 aromatic heterocycles. The van der Waals surface area contributed by atoms with Crippen LogP contribution in [0, 0.1) is 0 Å². The lowest BCUT2D eigenvalue weighted by Crippen LogP contribution is -2.55. The first-order valence-corrected chi connectivity index (χ1v) is 8.42. The van der Waals surface area contributed by atoms with Gasteiger partial charge in [0.2, 0.25) is 0 Å². The molecule has 0 aliphatic carbocycles. The molecule has 4 nitrogen and oxygen atoms in total. The maximum Gasteiger partial charge on any atom is 0.258 e. The summed E-state index contributed by atoms with van der Waals surface area (Å²) in [5.41, 5.74) is 1.86. The first-order valence-electron chi connectivity index (χ1n) is 8.42. The van der Waals surface area contributed by atoms with Gasteiger partial charge >= 0.3 is 0 Å². The molecule has 0 fully saturated rings. The summed E-state index contributed by atoms with van der Waals surface area (Å²) in [5.74, 6) is 0.835. The van der Waals surface area contributed by atoms with E-state index in [2.05, 4.69) is 5.32 Å². The minimum atomic E-state index is -0.661. The Morgan fingerprint density at radius 2 is 1.79 bits per heavy atom. The Kier molecular flexibility index (Phi) is 4.22. The minimum Gasteiger partial charge on any atom is -0.491 e. The van der Waals surface area contributed by atoms with Crippen LogP contribution in [0.2, 0.25) is 0 Å². The smallest absolute Gasteiger partial charge is 0.258 e. The Hall–Kier alpha value is -2.49. The van der Waals surface area contributed by atoms with Gasteiger partial charge in [0, 0.05) is 17.8 Å². The Bertz CT molecular complexity index is 757. The molecule has 1 unspecified atom stereocenters. The Morgan fingerprint density at radius 3 is 2.50 bits per heavy atom. The number of ether oxygens (including phenoxy) is 1. The highest BCUT2D eigenvalue weighted by atomic mass is 16.5. The van der Waals surface area contributed by atoms with E-state index >= 15 is 0 Å². The number of hydrogen-bond donors (Lipinski definition) is 1. The lowest BCUT2D eigenvalue weighted by Gasteiger charge is -2.46. The van der Waals surface area contributed by atoms with Crippen LogP contribution in [0.5, 0.6) is 5.75 Å². The van der Waals surface area contributed by atoms with Crippen LogP contribution in [0.1, 0.15) is 43.6 Å². The maximum absolute atomic E-state index is 13.0. The first-order chi connectivity index (χ1) is 11.5. The predicted octanol–water partition coefficient (Wildman–Crippen LogP) is 4.23. The number of carbonyl (C=O) groups excluding carboxylic acids is 1. The SMILES string of the molecule is CCN1C(=O)c2ccccc2NC1(C)c1ccccc1OC(C)C. The average Bonchev–Trinajstić information content (AvgIpc) is 2.55. The van der Waals surface area contributed by atoms with E-state index in [0.29, 0.717) is 12.1 Å². The quantitative estimate of drug-likeness (QED) is 0.915. The molecule has 4 heteroatoms. The van der Waals surface area contributed by atoms with Crippen LogP contribution < -0.4 is 10.1 Å². The molecule has 1 aliphatic rings. The van der Waals surface area contributed by atoms with Crippen molar-refractivity contribution in [2.75, 3.05) is 11.9 Å². The summed E-state index contributed by atoms with van der Waals surface area (Å²) >= 11 is 0. The van der Waals surface area contributed by atoms with Crippen LogP contribution in [0.3, 0.4) is 0 Å². The summed E-state index contributed by atoms with van der Waals surface area (Å²) in [7, 11) is 0. The number of amides is 1. The zero-order chi connectivity index (χ0) is 17.3. The van der Waals surface area contributed by atoms with E-state index in [1.54, 1.807) is 0 Å². The fourth-order valence-electron chi connectivity index (χ4n) is 3.35. The lowest BCUT2D eigenvalue weighted by atomic mass is 9.93. The van der Waals surface area contributed by atoms with E-state index in [9.17, 15) is 4.79 Å². The van der Waals surface area contributed by atoms with E-state index in [1.807, 2.05) is 81.1 Å². The second-order valence-corrected chi connectivity index (χ2v) is 6.45. The number of rotatable bonds is 4. The van der Waals surface area contributed by atoms with Crippen molar-refractivity contribution in [1.29, 1.82) is 0 Å². The highest BCUT2D eigenvalue weighted by molar-refractivity contribution is 6.02. The van der Waals surface area contributed by atoms with Crippen molar-refractivity contribution in [3.8, 4) is 5.75 Å². The monoisotopic (exact) mass is 324 g/mol. The highest BCUT2D eigenvalue weighted by Crippen LogP contribution is 2.41. The van der Waals surface area contributed by atoms with Gasteiger partial charge in [0.1, 0.15) is 11.4 Å². The van der Waals surface area contributed by atoms with Crippen LogP contribution >= 0.6 is 0 Å². The van der Waals surface area contributed by atoms with Gasteiger partial charge in [-0.2, -0.15) is 0 Å². The van der Waals surface area contributed by atoms with E-state index in [1.165, 1.54) is 0 Å². The van der Waals surface area contributed by atoms with Gasteiger partial charge < -0.3 is 15.0 Å². The maximum atomic E-state index is 13.0. The number of fused-ring (bicyclic) bond motifs is 1. The summed E-state index contributed by atoms with van der Waals surface area (Å²) in [4.78, 5) is 14.9. The van der Waals surface area contributed by atoms with Crippen LogP contribution in [0.4, 0.5) is 5.69 Å². The molecule has 0 spiro atoms.